The molecule has 0 spiro atoms. The van der Waals surface area contributed by atoms with Crippen LogP contribution >= 0.6 is 23.2 Å². The van der Waals surface area contributed by atoms with Gasteiger partial charge in [0.15, 0.2) is 0 Å². The Morgan fingerprint density at radius 3 is 2.60 bits per heavy atom. The van der Waals surface area contributed by atoms with E-state index in [1.165, 1.54) is 10.7 Å². The zero-order valence-electron chi connectivity index (χ0n) is 9.79. The molecule has 1 aromatic heterocycles. The molecule has 2 rings (SSSR count). The molecule has 20 heavy (non-hydrogen) atoms. The molecular formula is C12H7Cl2F3N2O. The summed E-state index contributed by atoms with van der Waals surface area (Å²) >= 11 is 11.7. The van der Waals surface area contributed by atoms with E-state index < -0.39 is 17.5 Å². The van der Waals surface area contributed by atoms with Crippen molar-refractivity contribution in [3.8, 4) is 0 Å². The third-order valence-corrected chi connectivity index (χ3v) is 3.09. The Kier molecular flexibility index (Phi) is 4.06. The van der Waals surface area contributed by atoms with Gasteiger partial charge in [0.1, 0.15) is 0 Å². The fraction of sp³-hybridized carbons (Fsp3) is 0.167. The molecule has 1 heterocycles. The highest BCUT2D eigenvalue weighted by atomic mass is 35.5. The molecular weight excluding hydrogens is 316 g/mol. The highest BCUT2D eigenvalue weighted by Gasteiger charge is 2.39. The molecule has 2 aromatic rings. The molecule has 0 saturated heterocycles. The molecule has 106 valence electrons. The minimum Gasteiger partial charge on any atom is -0.284 e. The first-order chi connectivity index (χ1) is 9.27. The topological polar surface area (TPSA) is 34.9 Å². The van der Waals surface area contributed by atoms with Crippen LogP contribution in [0, 0.1) is 0 Å². The molecule has 0 fully saturated rings. The van der Waals surface area contributed by atoms with Gasteiger partial charge in [0.05, 0.1) is 18.3 Å². The molecule has 8 heteroatoms. The Morgan fingerprint density at radius 2 is 2.00 bits per heavy atom. The summed E-state index contributed by atoms with van der Waals surface area (Å²) in [7, 11) is 0. The van der Waals surface area contributed by atoms with E-state index in [2.05, 4.69) is 5.10 Å². The normalized spacial score (nSPS) is 11.7. The molecule has 3 nitrogen and oxygen atoms in total. The minimum atomic E-state index is -4.91. The lowest BCUT2D eigenvalue weighted by Gasteiger charge is -2.05. The van der Waals surface area contributed by atoms with Gasteiger partial charge >= 0.3 is 6.18 Å². The number of hydrogen-bond acceptors (Lipinski definition) is 2. The maximum atomic E-state index is 12.3. The summed E-state index contributed by atoms with van der Waals surface area (Å²) in [6, 6.07) is 4.76. The number of hydrogen-bond donors (Lipinski definition) is 0. The van der Waals surface area contributed by atoms with Crippen molar-refractivity contribution in [1.82, 2.24) is 9.78 Å². The van der Waals surface area contributed by atoms with Crippen LogP contribution in [-0.4, -0.2) is 21.7 Å². The second-order valence-corrected chi connectivity index (χ2v) is 4.83. The molecule has 0 N–H and O–H groups in total. The number of halogens is 5. The van der Waals surface area contributed by atoms with E-state index >= 15 is 0 Å². The molecule has 0 aliphatic carbocycles. The van der Waals surface area contributed by atoms with Crippen LogP contribution < -0.4 is 0 Å². The average molecular weight is 323 g/mol. The largest absolute Gasteiger partial charge is 0.454 e. The maximum Gasteiger partial charge on any atom is 0.454 e. The molecule has 0 unspecified atom stereocenters. The maximum absolute atomic E-state index is 12.3. The van der Waals surface area contributed by atoms with Gasteiger partial charge in [0.25, 0.3) is 5.78 Å². The van der Waals surface area contributed by atoms with Gasteiger partial charge in [-0.3, -0.25) is 9.48 Å². The Balaban J connectivity index is 2.20. The van der Waals surface area contributed by atoms with Gasteiger partial charge in [-0.15, -0.1) is 0 Å². The molecule has 0 bridgehead atoms. The van der Waals surface area contributed by atoms with Crippen LogP contribution in [0.3, 0.4) is 0 Å². The van der Waals surface area contributed by atoms with E-state index in [9.17, 15) is 18.0 Å². The number of nitrogens with zero attached hydrogens (tertiary/aromatic N) is 2. The molecule has 0 atom stereocenters. The number of carbonyl (C=O) groups excluding carboxylic acids is 1. The lowest BCUT2D eigenvalue weighted by atomic mass is 10.2. The number of ketones is 1. The van der Waals surface area contributed by atoms with Crippen LogP contribution in [0.2, 0.25) is 10.0 Å². The monoisotopic (exact) mass is 322 g/mol. The van der Waals surface area contributed by atoms with Crippen LogP contribution in [0.5, 0.6) is 0 Å². The predicted octanol–water partition coefficient (Wildman–Crippen LogP) is 3.98. The van der Waals surface area contributed by atoms with Crippen molar-refractivity contribution < 1.29 is 18.0 Å². The predicted molar refractivity (Wildman–Crippen MR) is 68.2 cm³/mol. The lowest BCUT2D eigenvalue weighted by Crippen LogP contribution is -2.22. The van der Waals surface area contributed by atoms with Crippen LogP contribution in [0.4, 0.5) is 13.2 Å². The van der Waals surface area contributed by atoms with Crippen molar-refractivity contribution >= 4 is 29.0 Å². The van der Waals surface area contributed by atoms with Crippen molar-refractivity contribution in [2.75, 3.05) is 0 Å². The summed E-state index contributed by atoms with van der Waals surface area (Å²) in [6.45, 7) is 0.140. The third-order valence-electron chi connectivity index (χ3n) is 2.50. The number of benzene rings is 1. The van der Waals surface area contributed by atoms with E-state index in [0.717, 1.165) is 12.4 Å². The van der Waals surface area contributed by atoms with Crippen molar-refractivity contribution in [3.63, 3.8) is 0 Å². The standard InChI is InChI=1S/C12H7Cl2F3N2O/c13-9-2-1-7(10(14)3-9)5-19-6-8(4-18-19)11(20)12(15,16)17/h1-4,6H,5H2. The summed E-state index contributed by atoms with van der Waals surface area (Å²) in [4.78, 5) is 11.0. The Bertz CT molecular complexity index is 652. The van der Waals surface area contributed by atoms with Crippen LogP contribution in [-0.2, 0) is 6.54 Å². The number of carbonyl (C=O) groups is 1. The van der Waals surface area contributed by atoms with Crippen molar-refractivity contribution in [3.05, 3.63) is 51.8 Å². The summed E-state index contributed by atoms with van der Waals surface area (Å²) in [5.74, 6) is -1.93. The number of rotatable bonds is 3. The minimum absolute atomic E-state index is 0.140. The van der Waals surface area contributed by atoms with Gasteiger partial charge < -0.3 is 0 Å². The fourth-order valence-corrected chi connectivity index (χ4v) is 2.02. The molecule has 0 saturated carbocycles. The highest BCUT2D eigenvalue weighted by molar-refractivity contribution is 6.35. The second-order valence-electron chi connectivity index (χ2n) is 3.99. The van der Waals surface area contributed by atoms with E-state index in [0.29, 0.717) is 15.6 Å². The van der Waals surface area contributed by atoms with E-state index in [1.54, 1.807) is 12.1 Å². The second kappa shape index (κ2) is 5.46. The van der Waals surface area contributed by atoms with E-state index in [1.807, 2.05) is 0 Å². The van der Waals surface area contributed by atoms with E-state index in [-0.39, 0.29) is 6.54 Å². The zero-order valence-corrected chi connectivity index (χ0v) is 11.3. The molecule has 0 aliphatic heterocycles. The average Bonchev–Trinajstić information content (AvgIpc) is 2.79. The quantitative estimate of drug-likeness (QED) is 0.801. The van der Waals surface area contributed by atoms with Gasteiger partial charge in [-0.2, -0.15) is 18.3 Å². The van der Waals surface area contributed by atoms with E-state index in [4.69, 9.17) is 23.2 Å². The van der Waals surface area contributed by atoms with Crippen molar-refractivity contribution in [2.45, 2.75) is 12.7 Å². The number of aromatic nitrogens is 2. The first kappa shape index (κ1) is 14.9. The fourth-order valence-electron chi connectivity index (χ4n) is 1.56. The van der Waals surface area contributed by atoms with Gasteiger partial charge in [-0.05, 0) is 17.7 Å². The van der Waals surface area contributed by atoms with Crippen LogP contribution in [0.25, 0.3) is 0 Å². The lowest BCUT2D eigenvalue weighted by molar-refractivity contribution is -0.0885. The first-order valence-electron chi connectivity index (χ1n) is 5.35. The molecule has 0 amide bonds. The smallest absolute Gasteiger partial charge is 0.284 e. The number of Topliss-reactive ketones (excluding diaryl/α,β-unsaturated/α-hetero) is 1. The highest BCUT2D eigenvalue weighted by Crippen LogP contribution is 2.23. The van der Waals surface area contributed by atoms with Crippen molar-refractivity contribution in [1.29, 1.82) is 0 Å². The Morgan fingerprint density at radius 1 is 1.30 bits per heavy atom. The van der Waals surface area contributed by atoms with Gasteiger partial charge in [-0.1, -0.05) is 29.3 Å². The summed E-state index contributed by atoms with van der Waals surface area (Å²) < 4.78 is 38.0. The van der Waals surface area contributed by atoms with Gasteiger partial charge in [0, 0.05) is 16.2 Å². The Labute approximate surface area is 121 Å². The molecule has 0 radical (unpaired) electrons. The Hall–Kier alpha value is -1.53. The molecule has 1 aromatic carbocycles. The number of alkyl halides is 3. The summed E-state index contributed by atoms with van der Waals surface area (Å²) in [6.07, 6.45) is -3.01. The van der Waals surface area contributed by atoms with Crippen molar-refractivity contribution in [2.24, 2.45) is 0 Å². The van der Waals surface area contributed by atoms with Crippen LogP contribution in [0.1, 0.15) is 15.9 Å². The van der Waals surface area contributed by atoms with Gasteiger partial charge in [0.2, 0.25) is 0 Å². The van der Waals surface area contributed by atoms with Gasteiger partial charge in [-0.25, -0.2) is 0 Å². The van der Waals surface area contributed by atoms with Crippen LogP contribution in [0.15, 0.2) is 30.6 Å². The first-order valence-corrected chi connectivity index (χ1v) is 6.11. The SMILES string of the molecule is O=C(c1cnn(Cc2ccc(Cl)cc2Cl)c1)C(F)(F)F. The summed E-state index contributed by atoms with van der Waals surface area (Å²) in [5.41, 5.74) is 0.118. The summed E-state index contributed by atoms with van der Waals surface area (Å²) in [5, 5.41) is 4.54. The molecule has 0 aliphatic rings. The third kappa shape index (κ3) is 3.32. The zero-order chi connectivity index (χ0) is 14.9.